The van der Waals surface area contributed by atoms with E-state index >= 15 is 0 Å². The summed E-state index contributed by atoms with van der Waals surface area (Å²) in [5.74, 6) is 1.72. The lowest BCUT2D eigenvalue weighted by molar-refractivity contribution is 0.141. The van der Waals surface area contributed by atoms with E-state index < -0.39 is 0 Å². The molecule has 2 saturated heterocycles. The third-order valence-electron chi connectivity index (χ3n) is 3.74. The van der Waals surface area contributed by atoms with Crippen molar-refractivity contribution in [2.75, 3.05) is 46.4 Å². The Hall–Kier alpha value is 0.170. The first-order valence-electron chi connectivity index (χ1n) is 6.33. The van der Waals surface area contributed by atoms with Gasteiger partial charge in [-0.25, -0.2) is 0 Å². The summed E-state index contributed by atoms with van der Waals surface area (Å²) in [5.41, 5.74) is 0. The van der Waals surface area contributed by atoms with Gasteiger partial charge in [0.05, 0.1) is 6.61 Å². The molecule has 0 aliphatic carbocycles. The van der Waals surface area contributed by atoms with E-state index in [0.717, 1.165) is 25.0 Å². The second-order valence-electron chi connectivity index (χ2n) is 5.03. The monoisotopic (exact) mass is 248 g/mol. The molecule has 2 rings (SSSR count). The minimum atomic E-state index is 0. The van der Waals surface area contributed by atoms with Gasteiger partial charge in [-0.15, -0.1) is 12.4 Å². The molecule has 1 N–H and O–H groups in total. The predicted molar refractivity (Wildman–Crippen MR) is 69.3 cm³/mol. The molecule has 2 fully saturated rings. The summed E-state index contributed by atoms with van der Waals surface area (Å²) in [4.78, 5) is 2.63. The highest BCUT2D eigenvalue weighted by molar-refractivity contribution is 5.85. The van der Waals surface area contributed by atoms with Gasteiger partial charge >= 0.3 is 0 Å². The molecule has 0 amide bonds. The fraction of sp³-hybridized carbons (Fsp3) is 1.00. The molecule has 2 aliphatic rings. The van der Waals surface area contributed by atoms with Crippen molar-refractivity contribution in [3.63, 3.8) is 0 Å². The standard InChI is InChI=1S/C12H24N2O.ClH/c1-13-8-11-2-5-14(6-3-11)9-12-4-7-15-10-12;/h11-13H,2-10H2,1H3;1H. The SMILES string of the molecule is CNCC1CCN(CC2CCOC2)CC1.Cl. The largest absolute Gasteiger partial charge is 0.381 e. The van der Waals surface area contributed by atoms with E-state index in [-0.39, 0.29) is 12.4 Å². The highest BCUT2D eigenvalue weighted by Gasteiger charge is 2.23. The van der Waals surface area contributed by atoms with E-state index in [1.54, 1.807) is 0 Å². The van der Waals surface area contributed by atoms with Gasteiger partial charge in [0.15, 0.2) is 0 Å². The Kier molecular flexibility index (Phi) is 6.66. The minimum Gasteiger partial charge on any atom is -0.381 e. The zero-order valence-corrected chi connectivity index (χ0v) is 11.1. The van der Waals surface area contributed by atoms with Crippen LogP contribution in [0.15, 0.2) is 0 Å². The number of nitrogens with zero attached hydrogens (tertiary/aromatic N) is 1. The number of nitrogens with one attached hydrogen (secondary N) is 1. The number of ether oxygens (including phenoxy) is 1. The third-order valence-corrected chi connectivity index (χ3v) is 3.74. The van der Waals surface area contributed by atoms with Crippen molar-refractivity contribution in [2.45, 2.75) is 19.3 Å². The van der Waals surface area contributed by atoms with E-state index in [1.165, 1.54) is 45.4 Å². The zero-order chi connectivity index (χ0) is 10.5. The Morgan fingerprint density at radius 3 is 2.50 bits per heavy atom. The number of piperidine rings is 1. The Balaban J connectivity index is 0.00000128. The van der Waals surface area contributed by atoms with Gasteiger partial charge in [-0.05, 0) is 57.8 Å². The van der Waals surface area contributed by atoms with Crippen LogP contribution in [0.2, 0.25) is 0 Å². The van der Waals surface area contributed by atoms with Gasteiger partial charge < -0.3 is 15.0 Å². The molecule has 0 aromatic heterocycles. The second-order valence-corrected chi connectivity index (χ2v) is 5.03. The summed E-state index contributed by atoms with van der Waals surface area (Å²) in [6.07, 6.45) is 4.01. The smallest absolute Gasteiger partial charge is 0.0507 e. The van der Waals surface area contributed by atoms with Gasteiger partial charge in [-0.1, -0.05) is 0 Å². The number of likely N-dealkylation sites (tertiary alicyclic amines) is 1. The molecular formula is C12H25ClN2O. The molecule has 0 aromatic carbocycles. The lowest BCUT2D eigenvalue weighted by atomic mass is 9.96. The second kappa shape index (κ2) is 7.49. The molecule has 16 heavy (non-hydrogen) atoms. The van der Waals surface area contributed by atoms with Crippen LogP contribution in [0.5, 0.6) is 0 Å². The van der Waals surface area contributed by atoms with Crippen molar-refractivity contribution >= 4 is 12.4 Å². The number of halogens is 1. The molecule has 0 saturated carbocycles. The molecule has 4 heteroatoms. The maximum absolute atomic E-state index is 5.42. The van der Waals surface area contributed by atoms with Gasteiger partial charge in [0.2, 0.25) is 0 Å². The molecule has 0 bridgehead atoms. The highest BCUT2D eigenvalue weighted by Crippen LogP contribution is 2.20. The molecule has 0 radical (unpaired) electrons. The summed E-state index contributed by atoms with van der Waals surface area (Å²) in [6.45, 7) is 7.04. The van der Waals surface area contributed by atoms with Gasteiger partial charge in [-0.3, -0.25) is 0 Å². The fourth-order valence-corrected chi connectivity index (χ4v) is 2.75. The van der Waals surface area contributed by atoms with E-state index in [9.17, 15) is 0 Å². The van der Waals surface area contributed by atoms with Crippen molar-refractivity contribution in [1.29, 1.82) is 0 Å². The van der Waals surface area contributed by atoms with Crippen LogP contribution in [0.4, 0.5) is 0 Å². The average Bonchev–Trinajstić information content (AvgIpc) is 2.74. The Bertz CT molecular complexity index is 178. The van der Waals surface area contributed by atoms with E-state index in [2.05, 4.69) is 17.3 Å². The van der Waals surface area contributed by atoms with Gasteiger partial charge in [0, 0.05) is 13.2 Å². The maximum atomic E-state index is 5.42. The van der Waals surface area contributed by atoms with Crippen molar-refractivity contribution in [2.24, 2.45) is 11.8 Å². The first-order chi connectivity index (χ1) is 7.38. The molecule has 1 unspecified atom stereocenters. The van der Waals surface area contributed by atoms with Crippen molar-refractivity contribution in [1.82, 2.24) is 10.2 Å². The molecule has 2 aliphatic heterocycles. The first-order valence-corrected chi connectivity index (χ1v) is 6.33. The molecule has 1 atom stereocenters. The van der Waals surface area contributed by atoms with Crippen molar-refractivity contribution in [3.8, 4) is 0 Å². The Morgan fingerprint density at radius 1 is 1.19 bits per heavy atom. The van der Waals surface area contributed by atoms with Crippen LogP contribution >= 0.6 is 12.4 Å². The van der Waals surface area contributed by atoms with E-state index in [1.807, 2.05) is 0 Å². The fourth-order valence-electron chi connectivity index (χ4n) is 2.75. The molecule has 2 heterocycles. The normalized spacial score (nSPS) is 27.9. The van der Waals surface area contributed by atoms with E-state index in [4.69, 9.17) is 4.74 Å². The lowest BCUT2D eigenvalue weighted by Gasteiger charge is -2.33. The van der Waals surface area contributed by atoms with Gasteiger partial charge in [0.1, 0.15) is 0 Å². The quantitative estimate of drug-likeness (QED) is 0.814. The number of hydrogen-bond donors (Lipinski definition) is 1. The predicted octanol–water partition coefficient (Wildman–Crippen LogP) is 1.38. The minimum absolute atomic E-state index is 0. The zero-order valence-electron chi connectivity index (χ0n) is 10.3. The topological polar surface area (TPSA) is 24.5 Å². The van der Waals surface area contributed by atoms with Gasteiger partial charge in [-0.2, -0.15) is 0 Å². The van der Waals surface area contributed by atoms with Crippen LogP contribution in [0.3, 0.4) is 0 Å². The highest BCUT2D eigenvalue weighted by atomic mass is 35.5. The average molecular weight is 249 g/mol. The maximum Gasteiger partial charge on any atom is 0.0507 e. The Morgan fingerprint density at radius 2 is 1.94 bits per heavy atom. The number of hydrogen-bond acceptors (Lipinski definition) is 3. The lowest BCUT2D eigenvalue weighted by Crippen LogP contribution is -2.39. The summed E-state index contributed by atoms with van der Waals surface area (Å²) in [7, 11) is 2.06. The third kappa shape index (κ3) is 4.21. The van der Waals surface area contributed by atoms with Crippen LogP contribution in [-0.2, 0) is 4.74 Å². The molecular weight excluding hydrogens is 224 g/mol. The summed E-state index contributed by atoms with van der Waals surface area (Å²) in [6, 6.07) is 0. The van der Waals surface area contributed by atoms with Crippen molar-refractivity contribution in [3.05, 3.63) is 0 Å². The van der Waals surface area contributed by atoms with Crippen LogP contribution in [0, 0.1) is 11.8 Å². The summed E-state index contributed by atoms with van der Waals surface area (Å²) in [5, 5.41) is 3.29. The molecule has 3 nitrogen and oxygen atoms in total. The van der Waals surface area contributed by atoms with Crippen LogP contribution in [0.25, 0.3) is 0 Å². The summed E-state index contributed by atoms with van der Waals surface area (Å²) >= 11 is 0. The molecule has 0 aromatic rings. The van der Waals surface area contributed by atoms with Crippen LogP contribution < -0.4 is 5.32 Å². The van der Waals surface area contributed by atoms with Crippen molar-refractivity contribution < 1.29 is 4.74 Å². The Labute approximate surface area is 105 Å². The first kappa shape index (κ1) is 14.2. The van der Waals surface area contributed by atoms with Crippen LogP contribution in [-0.4, -0.2) is 51.3 Å². The molecule has 96 valence electrons. The van der Waals surface area contributed by atoms with Crippen LogP contribution in [0.1, 0.15) is 19.3 Å². The van der Waals surface area contributed by atoms with E-state index in [0.29, 0.717) is 0 Å². The summed E-state index contributed by atoms with van der Waals surface area (Å²) < 4.78 is 5.42. The van der Waals surface area contributed by atoms with Gasteiger partial charge in [0.25, 0.3) is 0 Å². The molecule has 0 spiro atoms. The number of rotatable bonds is 4.